The number of rotatable bonds is 7. The fourth-order valence-electron chi connectivity index (χ4n) is 2.81. The Balaban J connectivity index is 1.73. The summed E-state index contributed by atoms with van der Waals surface area (Å²) >= 11 is 6.46. The summed E-state index contributed by atoms with van der Waals surface area (Å²) in [6.45, 7) is -0.189. The predicted molar refractivity (Wildman–Crippen MR) is 121 cm³/mol. The van der Waals surface area contributed by atoms with Crippen molar-refractivity contribution in [3.05, 3.63) is 52.9 Å². The number of hydrogen-bond acceptors (Lipinski definition) is 7. The number of methoxy groups -OCH3 is 3. The zero-order chi connectivity index (χ0) is 21.7. The molecule has 0 bridgehead atoms. The molecule has 0 unspecified atom stereocenters. The Hall–Kier alpha value is -3.04. The van der Waals surface area contributed by atoms with E-state index in [1.54, 1.807) is 56.7 Å². The minimum Gasteiger partial charge on any atom is -0.495 e. The van der Waals surface area contributed by atoms with Crippen LogP contribution in [0.5, 0.6) is 17.2 Å². The number of carbonyl (C=O) groups excluding carboxylic acids is 2. The summed E-state index contributed by atoms with van der Waals surface area (Å²) in [5.41, 5.74) is 1.28. The van der Waals surface area contributed by atoms with Crippen LogP contribution < -0.4 is 19.5 Å². The zero-order valence-corrected chi connectivity index (χ0v) is 18.3. The molecule has 0 radical (unpaired) electrons. The minimum atomic E-state index is -0.372. The van der Waals surface area contributed by atoms with Crippen LogP contribution in [0.25, 0.3) is 6.08 Å². The molecule has 0 spiro atoms. The van der Waals surface area contributed by atoms with E-state index in [1.165, 1.54) is 12.0 Å². The standard InChI is InChI=1S/C21H20N2O5S2/c1-26-15-7-5-4-6-14(15)22-19(24)12-23-20(25)18(30-21(23)29)11-13-8-9-16(27-2)17(10-13)28-3/h4-11H,12H2,1-3H3,(H,22,24)/b18-11-. The van der Waals surface area contributed by atoms with Crippen LogP contribution in [-0.2, 0) is 9.59 Å². The van der Waals surface area contributed by atoms with Crippen molar-refractivity contribution < 1.29 is 23.8 Å². The second kappa shape index (κ2) is 9.64. The van der Waals surface area contributed by atoms with Gasteiger partial charge < -0.3 is 19.5 Å². The van der Waals surface area contributed by atoms with E-state index < -0.39 is 0 Å². The van der Waals surface area contributed by atoms with Crippen molar-refractivity contribution in [2.45, 2.75) is 0 Å². The maximum absolute atomic E-state index is 12.8. The number of carbonyl (C=O) groups is 2. The van der Waals surface area contributed by atoms with Crippen molar-refractivity contribution in [2.24, 2.45) is 0 Å². The number of nitrogens with one attached hydrogen (secondary N) is 1. The molecule has 30 heavy (non-hydrogen) atoms. The predicted octanol–water partition coefficient (Wildman–Crippen LogP) is 3.55. The summed E-state index contributed by atoms with van der Waals surface area (Å²) in [6, 6.07) is 12.4. The van der Waals surface area contributed by atoms with E-state index in [0.29, 0.717) is 32.2 Å². The van der Waals surface area contributed by atoms with Gasteiger partial charge in [0.05, 0.1) is 31.9 Å². The Kier molecular flexibility index (Phi) is 6.96. The van der Waals surface area contributed by atoms with Crippen molar-refractivity contribution in [2.75, 3.05) is 33.2 Å². The Morgan fingerprint density at radius 1 is 1.07 bits per heavy atom. The van der Waals surface area contributed by atoms with Crippen LogP contribution in [0.1, 0.15) is 5.56 Å². The second-order valence-corrected chi connectivity index (χ2v) is 7.81. The molecule has 1 fully saturated rings. The highest BCUT2D eigenvalue weighted by Crippen LogP contribution is 2.34. The fraction of sp³-hybridized carbons (Fsp3) is 0.190. The summed E-state index contributed by atoms with van der Waals surface area (Å²) in [5, 5.41) is 2.75. The molecule has 1 N–H and O–H groups in total. The number of para-hydroxylation sites is 2. The van der Waals surface area contributed by atoms with Crippen molar-refractivity contribution in [3.63, 3.8) is 0 Å². The normalized spacial score (nSPS) is 14.8. The molecule has 0 aromatic heterocycles. The molecule has 2 aromatic rings. The van der Waals surface area contributed by atoms with E-state index in [1.807, 2.05) is 6.07 Å². The van der Waals surface area contributed by atoms with Gasteiger partial charge in [0.15, 0.2) is 11.5 Å². The molecular formula is C21H20N2O5S2. The lowest BCUT2D eigenvalue weighted by atomic mass is 10.2. The SMILES string of the molecule is COc1ccccc1NC(=O)CN1C(=O)/C(=C/c2ccc(OC)c(OC)c2)SC1=S. The lowest BCUT2D eigenvalue weighted by Gasteiger charge is -2.15. The van der Waals surface area contributed by atoms with E-state index in [-0.39, 0.29) is 18.4 Å². The lowest BCUT2D eigenvalue weighted by Crippen LogP contribution is -2.36. The van der Waals surface area contributed by atoms with Gasteiger partial charge in [-0.2, -0.15) is 0 Å². The molecule has 9 heteroatoms. The highest BCUT2D eigenvalue weighted by atomic mass is 32.2. The highest BCUT2D eigenvalue weighted by molar-refractivity contribution is 8.26. The van der Waals surface area contributed by atoms with Crippen molar-refractivity contribution >= 4 is 51.9 Å². The van der Waals surface area contributed by atoms with E-state index in [4.69, 9.17) is 26.4 Å². The Morgan fingerprint density at radius 2 is 1.77 bits per heavy atom. The monoisotopic (exact) mass is 444 g/mol. The number of amides is 2. The summed E-state index contributed by atoms with van der Waals surface area (Å²) in [7, 11) is 4.62. The number of benzene rings is 2. The third-order valence-electron chi connectivity index (χ3n) is 4.26. The maximum Gasteiger partial charge on any atom is 0.266 e. The lowest BCUT2D eigenvalue weighted by molar-refractivity contribution is -0.126. The van der Waals surface area contributed by atoms with Gasteiger partial charge >= 0.3 is 0 Å². The quantitative estimate of drug-likeness (QED) is 0.517. The molecule has 1 saturated heterocycles. The van der Waals surface area contributed by atoms with Crippen LogP contribution in [-0.4, -0.2) is 48.9 Å². The molecule has 2 aromatic carbocycles. The van der Waals surface area contributed by atoms with Gasteiger partial charge in [-0.25, -0.2) is 0 Å². The van der Waals surface area contributed by atoms with Crippen LogP contribution in [0, 0.1) is 0 Å². The van der Waals surface area contributed by atoms with Crippen molar-refractivity contribution in [1.29, 1.82) is 0 Å². The molecule has 0 saturated carbocycles. The third-order valence-corrected chi connectivity index (χ3v) is 5.64. The smallest absolute Gasteiger partial charge is 0.266 e. The number of anilines is 1. The first-order valence-electron chi connectivity index (χ1n) is 8.87. The van der Waals surface area contributed by atoms with Gasteiger partial charge in [-0.15, -0.1) is 0 Å². The van der Waals surface area contributed by atoms with E-state index >= 15 is 0 Å². The Labute approximate surface area is 184 Å². The number of nitrogens with zero attached hydrogens (tertiary/aromatic N) is 1. The zero-order valence-electron chi connectivity index (χ0n) is 16.6. The van der Waals surface area contributed by atoms with Gasteiger partial charge in [0.25, 0.3) is 5.91 Å². The summed E-state index contributed by atoms with van der Waals surface area (Å²) in [6.07, 6.45) is 1.71. The highest BCUT2D eigenvalue weighted by Gasteiger charge is 2.33. The topological polar surface area (TPSA) is 77.1 Å². The van der Waals surface area contributed by atoms with E-state index in [0.717, 1.165) is 17.3 Å². The molecule has 3 rings (SSSR count). The number of hydrogen-bond donors (Lipinski definition) is 1. The molecule has 0 aliphatic carbocycles. The molecule has 156 valence electrons. The maximum atomic E-state index is 12.8. The van der Waals surface area contributed by atoms with Crippen LogP contribution in [0.2, 0.25) is 0 Å². The molecule has 7 nitrogen and oxygen atoms in total. The van der Waals surface area contributed by atoms with E-state index in [9.17, 15) is 9.59 Å². The average molecular weight is 445 g/mol. The van der Waals surface area contributed by atoms with Crippen LogP contribution in [0.4, 0.5) is 5.69 Å². The van der Waals surface area contributed by atoms with Crippen molar-refractivity contribution in [3.8, 4) is 17.2 Å². The minimum absolute atomic E-state index is 0.189. The first-order chi connectivity index (χ1) is 14.5. The first kappa shape index (κ1) is 21.7. The Bertz CT molecular complexity index is 1020. The summed E-state index contributed by atoms with van der Waals surface area (Å²) in [4.78, 5) is 27.0. The van der Waals surface area contributed by atoms with Gasteiger partial charge in [-0.1, -0.05) is 42.2 Å². The van der Waals surface area contributed by atoms with Gasteiger partial charge in [0.1, 0.15) is 16.6 Å². The average Bonchev–Trinajstić information content (AvgIpc) is 3.01. The fourth-order valence-corrected chi connectivity index (χ4v) is 4.07. The molecule has 1 aliphatic heterocycles. The first-order valence-corrected chi connectivity index (χ1v) is 10.1. The van der Waals surface area contributed by atoms with Crippen LogP contribution >= 0.6 is 24.0 Å². The van der Waals surface area contributed by atoms with Gasteiger partial charge in [-0.3, -0.25) is 14.5 Å². The summed E-state index contributed by atoms with van der Waals surface area (Å²) in [5.74, 6) is 0.982. The molecular weight excluding hydrogens is 424 g/mol. The number of thiocarbonyl (C=S) groups is 1. The van der Waals surface area contributed by atoms with Crippen LogP contribution in [0.15, 0.2) is 47.4 Å². The molecule has 1 aliphatic rings. The molecule has 1 heterocycles. The molecule has 0 atom stereocenters. The largest absolute Gasteiger partial charge is 0.495 e. The number of ether oxygens (including phenoxy) is 3. The van der Waals surface area contributed by atoms with Gasteiger partial charge in [0, 0.05) is 0 Å². The second-order valence-electron chi connectivity index (χ2n) is 6.13. The van der Waals surface area contributed by atoms with Gasteiger partial charge in [0.2, 0.25) is 5.91 Å². The summed E-state index contributed by atoms with van der Waals surface area (Å²) < 4.78 is 16.1. The van der Waals surface area contributed by atoms with Crippen LogP contribution in [0.3, 0.4) is 0 Å². The van der Waals surface area contributed by atoms with E-state index in [2.05, 4.69) is 5.32 Å². The van der Waals surface area contributed by atoms with Crippen molar-refractivity contribution in [1.82, 2.24) is 4.90 Å². The van der Waals surface area contributed by atoms with Gasteiger partial charge in [-0.05, 0) is 35.9 Å². The number of thioether (sulfide) groups is 1. The molecule has 2 amide bonds. The Morgan fingerprint density at radius 3 is 2.47 bits per heavy atom. The third kappa shape index (κ3) is 4.74.